The van der Waals surface area contributed by atoms with E-state index in [1.807, 2.05) is 10.8 Å². The first kappa shape index (κ1) is 17.5. The van der Waals surface area contributed by atoms with Gasteiger partial charge in [0.1, 0.15) is 4.90 Å². The number of methoxy groups -OCH3 is 1. The summed E-state index contributed by atoms with van der Waals surface area (Å²) in [6.45, 7) is 1.70. The van der Waals surface area contributed by atoms with Gasteiger partial charge in [0.25, 0.3) is 10.0 Å². The maximum absolute atomic E-state index is 12.5. The van der Waals surface area contributed by atoms with Crippen molar-refractivity contribution in [2.45, 2.75) is 23.1 Å². The molecule has 1 aliphatic rings. The maximum atomic E-state index is 12.5. The molecule has 2 heterocycles. The summed E-state index contributed by atoms with van der Waals surface area (Å²) in [4.78, 5) is 20.8. The largest absolute Gasteiger partial charge is 0.481 e. The van der Waals surface area contributed by atoms with Crippen LogP contribution in [0.4, 0.5) is 10.7 Å². The number of carbonyl (C=O) groups excluding carboxylic acids is 1. The first-order chi connectivity index (χ1) is 11.9. The fraction of sp³-hybridized carbons (Fsp3) is 0.267. The molecule has 0 atom stereocenters. The van der Waals surface area contributed by atoms with Crippen molar-refractivity contribution in [2.75, 3.05) is 18.2 Å². The average molecular weight is 380 g/mol. The minimum atomic E-state index is -4.00. The fourth-order valence-electron chi connectivity index (χ4n) is 2.40. The van der Waals surface area contributed by atoms with E-state index in [1.165, 1.54) is 24.9 Å². The van der Waals surface area contributed by atoms with Crippen LogP contribution in [-0.4, -0.2) is 37.3 Å². The second-order valence-corrected chi connectivity index (χ2v) is 8.03. The van der Waals surface area contributed by atoms with Gasteiger partial charge in [-0.05, 0) is 25.0 Å². The normalized spacial score (nSPS) is 13.2. The lowest BCUT2D eigenvalue weighted by Gasteiger charge is -2.11. The predicted molar refractivity (Wildman–Crippen MR) is 93.5 cm³/mol. The number of carbonyl (C=O) groups is 1. The number of urea groups is 1. The molecule has 1 aromatic heterocycles. The molecule has 25 heavy (non-hydrogen) atoms. The van der Waals surface area contributed by atoms with Gasteiger partial charge in [-0.15, -0.1) is 11.8 Å². The molecule has 0 fully saturated rings. The number of aromatic nitrogens is 2. The molecule has 8 nitrogen and oxygen atoms in total. The van der Waals surface area contributed by atoms with E-state index in [1.54, 1.807) is 19.1 Å². The van der Waals surface area contributed by atoms with E-state index in [-0.39, 0.29) is 16.7 Å². The highest BCUT2D eigenvalue weighted by atomic mass is 32.2. The van der Waals surface area contributed by atoms with Gasteiger partial charge in [0, 0.05) is 22.4 Å². The number of hydrogen-bond acceptors (Lipinski definition) is 7. The monoisotopic (exact) mass is 380 g/mol. The fourth-order valence-corrected chi connectivity index (χ4v) is 5.04. The maximum Gasteiger partial charge on any atom is 0.335 e. The molecule has 10 heteroatoms. The van der Waals surface area contributed by atoms with Gasteiger partial charge in [0.15, 0.2) is 0 Å². The van der Waals surface area contributed by atoms with Crippen LogP contribution in [0.3, 0.4) is 0 Å². The van der Waals surface area contributed by atoms with E-state index in [0.29, 0.717) is 10.6 Å². The van der Waals surface area contributed by atoms with Crippen molar-refractivity contribution in [3.05, 3.63) is 35.5 Å². The molecule has 0 aliphatic carbocycles. The smallest absolute Gasteiger partial charge is 0.335 e. The van der Waals surface area contributed by atoms with Crippen LogP contribution >= 0.6 is 11.8 Å². The molecule has 1 aliphatic heterocycles. The zero-order valence-electron chi connectivity index (χ0n) is 13.6. The van der Waals surface area contributed by atoms with Gasteiger partial charge in [0.2, 0.25) is 11.8 Å². The third-order valence-electron chi connectivity index (χ3n) is 3.46. The number of anilines is 1. The molecule has 0 spiro atoms. The number of aryl methyl sites for hydroxylation is 2. The predicted octanol–water partition coefficient (Wildman–Crippen LogP) is 1.95. The van der Waals surface area contributed by atoms with Crippen molar-refractivity contribution in [1.29, 1.82) is 0 Å². The third-order valence-corrected chi connectivity index (χ3v) is 6.14. The number of hydrogen-bond donors (Lipinski definition) is 2. The van der Waals surface area contributed by atoms with Crippen LogP contribution in [0.25, 0.3) is 0 Å². The topological polar surface area (TPSA) is 110 Å². The highest BCUT2D eigenvalue weighted by Crippen LogP contribution is 2.36. The number of sulfonamides is 1. The number of fused-ring (bicyclic) bond motifs is 1. The molecular weight excluding hydrogens is 364 g/mol. The van der Waals surface area contributed by atoms with Crippen LogP contribution in [0.5, 0.6) is 5.88 Å². The summed E-state index contributed by atoms with van der Waals surface area (Å²) in [7, 11) is -2.57. The van der Waals surface area contributed by atoms with Gasteiger partial charge in [-0.25, -0.2) is 22.9 Å². The Morgan fingerprint density at radius 2 is 2.12 bits per heavy atom. The Hall–Kier alpha value is -2.33. The summed E-state index contributed by atoms with van der Waals surface area (Å²) >= 11 is 1.47. The summed E-state index contributed by atoms with van der Waals surface area (Å²) in [6, 6.07) is 5.70. The van der Waals surface area contributed by atoms with Crippen molar-refractivity contribution < 1.29 is 17.9 Å². The van der Waals surface area contributed by atoms with Crippen LogP contribution in [0.1, 0.15) is 11.3 Å². The minimum Gasteiger partial charge on any atom is -0.481 e. The van der Waals surface area contributed by atoms with Gasteiger partial charge < -0.3 is 4.74 Å². The molecule has 3 rings (SSSR count). The quantitative estimate of drug-likeness (QED) is 0.834. The molecule has 132 valence electrons. The molecule has 2 aromatic rings. The first-order valence-corrected chi connectivity index (χ1v) is 9.84. The zero-order valence-corrected chi connectivity index (χ0v) is 15.2. The summed E-state index contributed by atoms with van der Waals surface area (Å²) in [5.41, 5.74) is 1.54. The van der Waals surface area contributed by atoms with Crippen molar-refractivity contribution in [1.82, 2.24) is 14.7 Å². The number of nitrogens with zero attached hydrogens (tertiary/aromatic N) is 2. The Morgan fingerprint density at radius 3 is 2.88 bits per heavy atom. The molecule has 1 aromatic carbocycles. The number of ether oxygens (including phenoxy) is 1. The minimum absolute atomic E-state index is 0.0442. The number of rotatable bonds is 4. The second kappa shape index (κ2) is 6.89. The molecule has 0 radical (unpaired) electrons. The van der Waals surface area contributed by atoms with Gasteiger partial charge in [-0.2, -0.15) is 4.98 Å². The lowest BCUT2D eigenvalue weighted by molar-refractivity contribution is 0.256. The van der Waals surface area contributed by atoms with Crippen LogP contribution in [0.15, 0.2) is 34.1 Å². The highest BCUT2D eigenvalue weighted by molar-refractivity contribution is 8.00. The molecule has 0 saturated carbocycles. The van der Waals surface area contributed by atoms with Crippen LogP contribution in [0, 0.1) is 6.92 Å². The average Bonchev–Trinajstić information content (AvgIpc) is 3.01. The third kappa shape index (κ3) is 3.85. The molecule has 2 N–H and O–H groups in total. The molecule has 0 saturated heterocycles. The van der Waals surface area contributed by atoms with Gasteiger partial charge in [-0.1, -0.05) is 12.1 Å². The summed E-state index contributed by atoms with van der Waals surface area (Å²) in [5, 5.41) is 2.31. The lowest BCUT2D eigenvalue weighted by atomic mass is 10.2. The Kier molecular flexibility index (Phi) is 4.82. The summed E-state index contributed by atoms with van der Waals surface area (Å²) < 4.78 is 32.1. The van der Waals surface area contributed by atoms with Gasteiger partial charge >= 0.3 is 6.03 Å². The Balaban J connectivity index is 1.79. The van der Waals surface area contributed by atoms with Crippen LogP contribution in [0.2, 0.25) is 0 Å². The number of amides is 2. The van der Waals surface area contributed by atoms with Crippen molar-refractivity contribution in [3.8, 4) is 5.88 Å². The summed E-state index contributed by atoms with van der Waals surface area (Å²) in [6.07, 6.45) is 0.812. The highest BCUT2D eigenvalue weighted by Gasteiger charge is 2.26. The van der Waals surface area contributed by atoms with E-state index in [2.05, 4.69) is 15.3 Å². The first-order valence-electron chi connectivity index (χ1n) is 7.37. The van der Waals surface area contributed by atoms with E-state index < -0.39 is 16.1 Å². The van der Waals surface area contributed by atoms with Crippen molar-refractivity contribution >= 4 is 33.8 Å². The zero-order chi connectivity index (χ0) is 18.0. The van der Waals surface area contributed by atoms with Crippen LogP contribution < -0.4 is 14.8 Å². The Morgan fingerprint density at radius 1 is 1.32 bits per heavy atom. The number of nitrogens with one attached hydrogen (secondary N) is 2. The van der Waals surface area contributed by atoms with Gasteiger partial charge in [-0.3, -0.25) is 5.32 Å². The molecule has 0 unspecified atom stereocenters. The van der Waals surface area contributed by atoms with E-state index in [0.717, 1.165) is 17.7 Å². The van der Waals surface area contributed by atoms with Gasteiger partial charge in [0.05, 0.1) is 7.11 Å². The van der Waals surface area contributed by atoms with E-state index in [4.69, 9.17) is 4.74 Å². The van der Waals surface area contributed by atoms with E-state index >= 15 is 0 Å². The Labute approximate surface area is 149 Å². The standard InChI is InChI=1S/C15H16N4O4S2/c1-9-8-12(23-2)17-14(16-9)18-15(20)19-25(21,22)11-5-3-4-10-6-7-24-13(10)11/h3-5,8H,6-7H2,1-2H3,(H2,16,17,18,19,20). The van der Waals surface area contributed by atoms with Crippen molar-refractivity contribution in [2.24, 2.45) is 0 Å². The van der Waals surface area contributed by atoms with Crippen molar-refractivity contribution in [3.63, 3.8) is 0 Å². The lowest BCUT2D eigenvalue weighted by Crippen LogP contribution is -2.35. The number of benzene rings is 1. The Bertz CT molecular complexity index is 931. The number of thioether (sulfide) groups is 1. The molecule has 2 amide bonds. The SMILES string of the molecule is COc1cc(C)nc(NC(=O)NS(=O)(=O)c2cccc3c2SCC3)n1. The molecule has 0 bridgehead atoms. The van der Waals surface area contributed by atoms with Crippen LogP contribution in [-0.2, 0) is 16.4 Å². The second-order valence-electron chi connectivity index (χ2n) is 5.28. The molecular formula is C15H16N4O4S2. The summed E-state index contributed by atoms with van der Waals surface area (Å²) in [5.74, 6) is 1.05. The van der Waals surface area contributed by atoms with E-state index in [9.17, 15) is 13.2 Å².